The van der Waals surface area contributed by atoms with Crippen LogP contribution in [0.1, 0.15) is 44.0 Å². The fourth-order valence-electron chi connectivity index (χ4n) is 4.04. The number of benzene rings is 1. The molecule has 1 aromatic rings. The zero-order valence-electron chi connectivity index (χ0n) is 13.1. The molecule has 4 heteroatoms. The van der Waals surface area contributed by atoms with E-state index in [0.29, 0.717) is 5.69 Å². The number of hydrogen-bond acceptors (Lipinski definition) is 3. The number of para-hydroxylation sites is 1. The number of anilines is 1. The van der Waals surface area contributed by atoms with Crippen molar-refractivity contribution in [1.29, 1.82) is 0 Å². The van der Waals surface area contributed by atoms with E-state index < -0.39 is 5.97 Å². The van der Waals surface area contributed by atoms with Gasteiger partial charge in [-0.15, -0.1) is 0 Å². The molecule has 2 bridgehead atoms. The Bertz CT molecular complexity index is 689. The standard InChI is InChI=1S/C18H21NO3/c1-17(2)13-8-9-18(17,3)15(20)12(13)10-19-14-7-5-4-6-11(14)16(21)22/h4-7,10,13,19H,8-9H2,1-3H3,(H,21,22)/b12-10+/t13-,18+/m1/s1. The van der Waals surface area contributed by atoms with Gasteiger partial charge in [0.25, 0.3) is 0 Å². The first-order valence-corrected chi connectivity index (χ1v) is 7.63. The van der Waals surface area contributed by atoms with Crippen molar-refractivity contribution < 1.29 is 14.7 Å². The molecule has 22 heavy (non-hydrogen) atoms. The maximum atomic E-state index is 12.7. The van der Waals surface area contributed by atoms with Gasteiger partial charge in [-0.05, 0) is 36.3 Å². The summed E-state index contributed by atoms with van der Waals surface area (Å²) in [4.78, 5) is 24.0. The third kappa shape index (κ3) is 1.83. The molecule has 2 N–H and O–H groups in total. The minimum absolute atomic E-state index is 0.0378. The van der Waals surface area contributed by atoms with Gasteiger partial charge in [-0.1, -0.05) is 32.9 Å². The summed E-state index contributed by atoms with van der Waals surface area (Å²) >= 11 is 0. The number of rotatable bonds is 3. The van der Waals surface area contributed by atoms with E-state index in [9.17, 15) is 14.7 Å². The zero-order chi connectivity index (χ0) is 16.1. The van der Waals surface area contributed by atoms with E-state index in [1.54, 1.807) is 30.5 Å². The summed E-state index contributed by atoms with van der Waals surface area (Å²) < 4.78 is 0. The third-order valence-electron chi connectivity index (χ3n) is 5.91. The highest BCUT2D eigenvalue weighted by atomic mass is 16.4. The van der Waals surface area contributed by atoms with E-state index in [4.69, 9.17) is 0 Å². The Morgan fingerprint density at radius 1 is 1.32 bits per heavy atom. The number of aromatic carboxylic acids is 1. The first kappa shape index (κ1) is 14.8. The number of allylic oxidation sites excluding steroid dienone is 1. The monoisotopic (exact) mass is 299 g/mol. The fraction of sp³-hybridized carbons (Fsp3) is 0.444. The molecule has 0 saturated heterocycles. The van der Waals surface area contributed by atoms with Crippen molar-refractivity contribution in [1.82, 2.24) is 0 Å². The molecule has 2 atom stereocenters. The molecule has 4 nitrogen and oxygen atoms in total. The maximum Gasteiger partial charge on any atom is 0.337 e. The Morgan fingerprint density at radius 3 is 2.59 bits per heavy atom. The van der Waals surface area contributed by atoms with Crippen molar-refractivity contribution in [3.05, 3.63) is 41.6 Å². The third-order valence-corrected chi connectivity index (χ3v) is 5.91. The van der Waals surface area contributed by atoms with Gasteiger partial charge in [-0.2, -0.15) is 0 Å². The summed E-state index contributed by atoms with van der Waals surface area (Å²) in [6, 6.07) is 6.73. The second kappa shape index (κ2) is 4.70. The number of carboxylic acid groups (broad SMARTS) is 1. The highest BCUT2D eigenvalue weighted by molar-refractivity contribution is 6.05. The average molecular weight is 299 g/mol. The van der Waals surface area contributed by atoms with Crippen LogP contribution in [0.3, 0.4) is 0 Å². The van der Waals surface area contributed by atoms with Crippen LogP contribution in [-0.2, 0) is 4.79 Å². The van der Waals surface area contributed by atoms with Gasteiger partial charge in [-0.3, -0.25) is 4.79 Å². The van der Waals surface area contributed by atoms with E-state index in [0.717, 1.165) is 18.4 Å². The zero-order valence-corrected chi connectivity index (χ0v) is 13.1. The van der Waals surface area contributed by atoms with E-state index >= 15 is 0 Å². The van der Waals surface area contributed by atoms with Crippen LogP contribution in [-0.4, -0.2) is 16.9 Å². The van der Waals surface area contributed by atoms with Gasteiger partial charge >= 0.3 is 5.97 Å². The molecule has 0 aliphatic heterocycles. The highest BCUT2D eigenvalue weighted by Crippen LogP contribution is 2.65. The van der Waals surface area contributed by atoms with Gasteiger partial charge in [0.15, 0.2) is 5.78 Å². The number of carboxylic acids is 1. The SMILES string of the molecule is CC1(C)[C@@H]2CC[C@@]1(C)C(=O)/C2=C/Nc1ccccc1C(=O)O. The van der Waals surface area contributed by atoms with Crippen molar-refractivity contribution in [2.45, 2.75) is 33.6 Å². The minimum Gasteiger partial charge on any atom is -0.478 e. The lowest BCUT2D eigenvalue weighted by atomic mass is 9.70. The topological polar surface area (TPSA) is 66.4 Å². The van der Waals surface area contributed by atoms with Gasteiger partial charge in [0.1, 0.15) is 0 Å². The summed E-state index contributed by atoms with van der Waals surface area (Å²) in [7, 11) is 0. The largest absolute Gasteiger partial charge is 0.478 e. The van der Waals surface area contributed by atoms with Gasteiger partial charge in [0.2, 0.25) is 0 Å². The molecule has 2 aliphatic carbocycles. The summed E-state index contributed by atoms with van der Waals surface area (Å²) in [5, 5.41) is 12.3. The maximum absolute atomic E-state index is 12.7. The molecular formula is C18H21NO3. The number of Topliss-reactive ketones (excluding diaryl/α,β-unsaturated/α-hetero) is 1. The summed E-state index contributed by atoms with van der Waals surface area (Å²) in [6.07, 6.45) is 3.68. The Morgan fingerprint density at radius 2 is 2.00 bits per heavy atom. The Balaban J connectivity index is 1.93. The molecular weight excluding hydrogens is 278 g/mol. The Kier molecular flexibility index (Phi) is 3.17. The number of hydrogen-bond donors (Lipinski definition) is 2. The average Bonchev–Trinajstić information content (AvgIpc) is 2.78. The first-order valence-electron chi connectivity index (χ1n) is 7.63. The van der Waals surface area contributed by atoms with Crippen LogP contribution in [0.2, 0.25) is 0 Å². The van der Waals surface area contributed by atoms with Crippen LogP contribution < -0.4 is 5.32 Å². The molecule has 0 amide bonds. The number of ketones is 1. The summed E-state index contributed by atoms with van der Waals surface area (Å²) in [6.45, 7) is 6.38. The number of fused-ring (bicyclic) bond motifs is 2. The first-order chi connectivity index (χ1) is 10.3. The molecule has 116 valence electrons. The molecule has 0 unspecified atom stereocenters. The molecule has 2 fully saturated rings. The molecule has 0 heterocycles. The predicted octanol–water partition coefficient (Wildman–Crippen LogP) is 3.71. The van der Waals surface area contributed by atoms with Crippen LogP contribution in [0.5, 0.6) is 0 Å². The molecule has 2 saturated carbocycles. The van der Waals surface area contributed by atoms with Gasteiger partial charge < -0.3 is 10.4 Å². The molecule has 3 rings (SSSR count). The van der Waals surface area contributed by atoms with Crippen LogP contribution in [0, 0.1) is 16.7 Å². The van der Waals surface area contributed by atoms with E-state index in [-0.39, 0.29) is 28.1 Å². The second-order valence-electron chi connectivity index (χ2n) is 7.07. The van der Waals surface area contributed by atoms with Crippen LogP contribution in [0.15, 0.2) is 36.0 Å². The molecule has 0 radical (unpaired) electrons. The molecule has 1 aromatic carbocycles. The number of nitrogens with one attached hydrogen (secondary N) is 1. The highest BCUT2D eigenvalue weighted by Gasteiger charge is 2.63. The number of carbonyl (C=O) groups excluding carboxylic acids is 1. The molecule has 2 aliphatic rings. The molecule has 0 spiro atoms. The van der Waals surface area contributed by atoms with Gasteiger partial charge in [-0.25, -0.2) is 4.79 Å². The Labute approximate surface area is 130 Å². The van der Waals surface area contributed by atoms with Crippen molar-refractivity contribution in [3.63, 3.8) is 0 Å². The smallest absolute Gasteiger partial charge is 0.337 e. The minimum atomic E-state index is -0.979. The quantitative estimate of drug-likeness (QED) is 0.835. The summed E-state index contributed by atoms with van der Waals surface area (Å²) in [5.41, 5.74) is 1.20. The van der Waals surface area contributed by atoms with Gasteiger partial charge in [0, 0.05) is 17.2 Å². The fourth-order valence-corrected chi connectivity index (χ4v) is 4.04. The lowest BCUT2D eigenvalue weighted by Crippen LogP contribution is -2.32. The second-order valence-corrected chi connectivity index (χ2v) is 7.07. The van der Waals surface area contributed by atoms with E-state index in [1.165, 1.54) is 0 Å². The van der Waals surface area contributed by atoms with Crippen molar-refractivity contribution in [2.75, 3.05) is 5.32 Å². The Hall–Kier alpha value is -2.10. The lowest BCUT2D eigenvalue weighted by Gasteiger charge is -2.31. The molecule has 0 aromatic heterocycles. The lowest BCUT2D eigenvalue weighted by molar-refractivity contribution is -0.125. The van der Waals surface area contributed by atoms with E-state index in [2.05, 4.69) is 26.1 Å². The summed E-state index contributed by atoms with van der Waals surface area (Å²) in [5.74, 6) is -0.531. The predicted molar refractivity (Wildman–Crippen MR) is 84.7 cm³/mol. The van der Waals surface area contributed by atoms with Crippen molar-refractivity contribution in [3.8, 4) is 0 Å². The van der Waals surface area contributed by atoms with Crippen LogP contribution >= 0.6 is 0 Å². The van der Waals surface area contributed by atoms with E-state index in [1.807, 2.05) is 0 Å². The van der Waals surface area contributed by atoms with Crippen LogP contribution in [0.4, 0.5) is 5.69 Å². The van der Waals surface area contributed by atoms with Crippen molar-refractivity contribution in [2.24, 2.45) is 16.7 Å². The van der Waals surface area contributed by atoms with Crippen LogP contribution in [0.25, 0.3) is 0 Å². The number of carbonyl (C=O) groups is 2. The van der Waals surface area contributed by atoms with Crippen molar-refractivity contribution >= 4 is 17.4 Å². The van der Waals surface area contributed by atoms with Gasteiger partial charge in [0.05, 0.1) is 11.3 Å². The normalized spacial score (nSPS) is 30.8.